The number of alkyl carbamates (subject to hydrolysis) is 1. The minimum Gasteiger partial charge on any atom is -0.481 e. The maximum Gasteiger partial charge on any atom is 0.408 e. The van der Waals surface area contributed by atoms with E-state index in [2.05, 4.69) is 19.5 Å². The van der Waals surface area contributed by atoms with E-state index in [1.807, 2.05) is 0 Å². The molecule has 38 heavy (non-hydrogen) atoms. The quantitative estimate of drug-likeness (QED) is 0.191. The van der Waals surface area contributed by atoms with Gasteiger partial charge in [-0.1, -0.05) is 0 Å². The van der Waals surface area contributed by atoms with E-state index in [4.69, 9.17) is 15.6 Å². The molecule has 0 aliphatic heterocycles. The highest BCUT2D eigenvalue weighted by Gasteiger charge is 2.37. The van der Waals surface area contributed by atoms with E-state index in [1.165, 1.54) is 0 Å². The molecule has 4 N–H and O–H groups in total. The summed E-state index contributed by atoms with van der Waals surface area (Å²) in [6, 6.07) is -4.15. The monoisotopic (exact) mass is 547 g/mol. The van der Waals surface area contributed by atoms with Crippen molar-refractivity contribution in [2.75, 3.05) is 21.3 Å². The minimum atomic E-state index is -1.61. The molecule has 0 aromatic rings. The predicted octanol–water partition coefficient (Wildman–Crippen LogP) is -0.125. The van der Waals surface area contributed by atoms with Gasteiger partial charge < -0.3 is 35.1 Å². The molecule has 0 aromatic carbocycles. The number of imide groups is 1. The first-order valence-electron chi connectivity index (χ1n) is 11.6. The van der Waals surface area contributed by atoms with E-state index in [0.29, 0.717) is 4.90 Å². The molecule has 0 heterocycles. The molecular formula is C23H37N3O12. The number of carbonyl (C=O) groups excluding carboxylic acids is 6. The average Bonchev–Trinajstić information content (AvgIpc) is 2.84. The third kappa shape index (κ3) is 12.5. The first kappa shape index (κ1) is 34.2. The van der Waals surface area contributed by atoms with Crippen molar-refractivity contribution in [3.63, 3.8) is 0 Å². The van der Waals surface area contributed by atoms with Crippen LogP contribution in [0, 0.1) is 0 Å². The van der Waals surface area contributed by atoms with Gasteiger partial charge in [0.1, 0.15) is 23.7 Å². The van der Waals surface area contributed by atoms with Gasteiger partial charge in [-0.15, -0.1) is 0 Å². The lowest BCUT2D eigenvalue weighted by molar-refractivity contribution is -0.161. The molecule has 3 atom stereocenters. The molecule has 15 nitrogen and oxygen atoms in total. The zero-order chi connectivity index (χ0) is 29.6. The van der Waals surface area contributed by atoms with Gasteiger partial charge in [0.15, 0.2) is 0 Å². The number of carbonyl (C=O) groups is 7. The van der Waals surface area contributed by atoms with E-state index in [-0.39, 0.29) is 12.8 Å². The second-order valence-corrected chi connectivity index (χ2v) is 9.06. The molecule has 0 radical (unpaired) electrons. The summed E-state index contributed by atoms with van der Waals surface area (Å²) in [6.07, 6.45) is -3.62. The highest BCUT2D eigenvalue weighted by atomic mass is 16.6. The Bertz CT molecular complexity index is 883. The largest absolute Gasteiger partial charge is 0.481 e. The maximum absolute atomic E-state index is 13.2. The fourth-order valence-electron chi connectivity index (χ4n) is 3.13. The Hall–Kier alpha value is -3.75. The number of amides is 3. The van der Waals surface area contributed by atoms with Gasteiger partial charge in [0.25, 0.3) is 0 Å². The Labute approximate surface area is 220 Å². The minimum absolute atomic E-state index is 0.243. The van der Waals surface area contributed by atoms with Crippen LogP contribution in [0.1, 0.15) is 59.3 Å². The Morgan fingerprint density at radius 2 is 1.29 bits per heavy atom. The van der Waals surface area contributed by atoms with E-state index in [1.54, 1.807) is 20.8 Å². The van der Waals surface area contributed by atoms with Gasteiger partial charge in [0, 0.05) is 19.3 Å². The van der Waals surface area contributed by atoms with Crippen LogP contribution >= 0.6 is 0 Å². The lowest BCUT2D eigenvalue weighted by atomic mass is 10.0. The van der Waals surface area contributed by atoms with Gasteiger partial charge >= 0.3 is 30.0 Å². The highest BCUT2D eigenvalue weighted by molar-refractivity contribution is 6.00. The molecule has 0 saturated heterocycles. The molecular weight excluding hydrogens is 510 g/mol. The van der Waals surface area contributed by atoms with Crippen LogP contribution in [0.4, 0.5) is 4.79 Å². The zero-order valence-corrected chi connectivity index (χ0v) is 22.4. The second-order valence-electron chi connectivity index (χ2n) is 9.06. The van der Waals surface area contributed by atoms with Crippen LogP contribution in [0.25, 0.3) is 0 Å². The van der Waals surface area contributed by atoms with E-state index >= 15 is 0 Å². The summed E-state index contributed by atoms with van der Waals surface area (Å²) in [4.78, 5) is 86.2. The molecule has 0 saturated carbocycles. The SMILES string of the molecule is COC(=O)[C@H](CCC(=O)N(C(=O)CC[C@H](N)C(=O)OC)[C@@H](CCC(=O)O)C(=O)OC)NC(=O)OC(C)(C)C. The van der Waals surface area contributed by atoms with Crippen LogP contribution in [0.5, 0.6) is 0 Å². The van der Waals surface area contributed by atoms with Gasteiger partial charge in [-0.05, 0) is 40.0 Å². The summed E-state index contributed by atoms with van der Waals surface area (Å²) in [5.74, 6) is -5.96. The predicted molar refractivity (Wildman–Crippen MR) is 128 cm³/mol. The van der Waals surface area contributed by atoms with Crippen LogP contribution in [-0.2, 0) is 47.7 Å². The van der Waals surface area contributed by atoms with Crippen molar-refractivity contribution in [2.45, 2.75) is 83.0 Å². The number of nitrogens with zero attached hydrogens (tertiary/aromatic N) is 1. The van der Waals surface area contributed by atoms with Crippen molar-refractivity contribution < 1.29 is 57.6 Å². The number of nitrogens with two attached hydrogens (primary N) is 1. The second kappa shape index (κ2) is 16.2. The smallest absolute Gasteiger partial charge is 0.408 e. The first-order valence-corrected chi connectivity index (χ1v) is 11.6. The molecule has 0 aromatic heterocycles. The molecule has 0 aliphatic carbocycles. The Kier molecular flexibility index (Phi) is 14.6. The summed E-state index contributed by atoms with van der Waals surface area (Å²) < 4.78 is 18.9. The van der Waals surface area contributed by atoms with Crippen molar-refractivity contribution in [2.24, 2.45) is 5.73 Å². The van der Waals surface area contributed by atoms with Gasteiger partial charge in [-0.25, -0.2) is 14.4 Å². The Morgan fingerprint density at radius 3 is 1.74 bits per heavy atom. The molecule has 0 fully saturated rings. The molecule has 0 unspecified atom stereocenters. The van der Waals surface area contributed by atoms with Crippen LogP contribution in [-0.4, -0.2) is 96.8 Å². The van der Waals surface area contributed by atoms with Gasteiger partial charge in [0.05, 0.1) is 21.3 Å². The van der Waals surface area contributed by atoms with Crippen molar-refractivity contribution in [1.29, 1.82) is 0 Å². The number of methoxy groups -OCH3 is 3. The number of esters is 3. The summed E-state index contributed by atoms with van der Waals surface area (Å²) in [6.45, 7) is 4.80. The summed E-state index contributed by atoms with van der Waals surface area (Å²) in [5, 5.41) is 11.3. The molecule has 15 heteroatoms. The summed E-state index contributed by atoms with van der Waals surface area (Å²) >= 11 is 0. The maximum atomic E-state index is 13.2. The normalized spacial score (nSPS) is 13.2. The number of rotatable bonds is 14. The zero-order valence-electron chi connectivity index (χ0n) is 22.4. The van der Waals surface area contributed by atoms with Crippen molar-refractivity contribution in [3.8, 4) is 0 Å². The number of nitrogens with one attached hydrogen (secondary N) is 1. The number of ether oxygens (including phenoxy) is 4. The first-order chi connectivity index (χ1) is 17.6. The Morgan fingerprint density at radius 1 is 0.789 bits per heavy atom. The third-order valence-corrected chi connectivity index (χ3v) is 4.95. The van der Waals surface area contributed by atoms with Crippen LogP contribution in [0.3, 0.4) is 0 Å². The molecule has 0 spiro atoms. The molecule has 3 amide bonds. The number of aliphatic carboxylic acids is 1. The number of carboxylic acids is 1. The topological polar surface area (TPSA) is 218 Å². The van der Waals surface area contributed by atoms with Crippen molar-refractivity contribution in [1.82, 2.24) is 10.2 Å². The molecule has 0 rings (SSSR count). The third-order valence-electron chi connectivity index (χ3n) is 4.95. The number of carboxylic acid groups (broad SMARTS) is 1. The van der Waals surface area contributed by atoms with Gasteiger partial charge in [0.2, 0.25) is 11.8 Å². The Balaban J connectivity index is 5.91. The van der Waals surface area contributed by atoms with Gasteiger partial charge in [-0.2, -0.15) is 0 Å². The number of hydrogen-bond donors (Lipinski definition) is 3. The van der Waals surface area contributed by atoms with Crippen LogP contribution in [0.2, 0.25) is 0 Å². The fraction of sp³-hybridized carbons (Fsp3) is 0.696. The molecule has 0 bridgehead atoms. The van der Waals surface area contributed by atoms with Gasteiger partial charge in [-0.3, -0.25) is 24.1 Å². The number of hydrogen-bond acceptors (Lipinski definition) is 12. The summed E-state index contributed by atoms with van der Waals surface area (Å²) in [5.41, 5.74) is 4.76. The van der Waals surface area contributed by atoms with Crippen molar-refractivity contribution in [3.05, 3.63) is 0 Å². The van der Waals surface area contributed by atoms with Crippen molar-refractivity contribution >= 4 is 41.8 Å². The molecule has 0 aliphatic rings. The standard InChI is InChI=1S/C23H37N3O12/c1-23(2,3)38-22(34)25-14(20(32)36-5)8-11-17(28)26(15(21(33)37-6)9-12-18(29)30)16(27)10-7-13(24)19(31)35-4/h13-15H,7-12,24H2,1-6H3,(H,25,34)(H,29,30)/t13-,14-,15-/m0/s1. The van der Waals surface area contributed by atoms with Crippen LogP contribution in [0.15, 0.2) is 0 Å². The fourth-order valence-corrected chi connectivity index (χ4v) is 3.13. The summed E-state index contributed by atoms with van der Waals surface area (Å²) in [7, 11) is 3.16. The highest BCUT2D eigenvalue weighted by Crippen LogP contribution is 2.17. The van der Waals surface area contributed by atoms with E-state index in [0.717, 1.165) is 21.3 Å². The average molecular weight is 548 g/mol. The molecule has 216 valence electrons. The lowest BCUT2D eigenvalue weighted by Gasteiger charge is -2.29. The lowest BCUT2D eigenvalue weighted by Crippen LogP contribution is -2.50. The van der Waals surface area contributed by atoms with Crippen LogP contribution < -0.4 is 11.1 Å². The van der Waals surface area contributed by atoms with E-state index in [9.17, 15) is 33.6 Å². The van der Waals surface area contributed by atoms with E-state index < -0.39 is 91.2 Å².